The van der Waals surface area contributed by atoms with Gasteiger partial charge in [-0.1, -0.05) is 29.8 Å². The van der Waals surface area contributed by atoms with Crippen LogP contribution >= 0.6 is 15.9 Å². The molecule has 1 saturated heterocycles. The van der Waals surface area contributed by atoms with Gasteiger partial charge in [-0.2, -0.15) is 0 Å². The van der Waals surface area contributed by atoms with Crippen LogP contribution in [-0.4, -0.2) is 48.6 Å². The molecule has 2 rings (SSSR count). The number of nitrogens with zero attached hydrogens (tertiary/aromatic N) is 2. The lowest BCUT2D eigenvalue weighted by Crippen LogP contribution is -2.50. The second kappa shape index (κ2) is 7.27. The summed E-state index contributed by atoms with van der Waals surface area (Å²) in [6, 6.07) is 5.87. The first-order valence-corrected chi connectivity index (χ1v) is 8.29. The van der Waals surface area contributed by atoms with Crippen LogP contribution in [0.3, 0.4) is 0 Å². The Morgan fingerprint density at radius 1 is 1.29 bits per heavy atom. The van der Waals surface area contributed by atoms with E-state index < -0.39 is 0 Å². The Kier molecular flexibility index (Phi) is 5.65. The van der Waals surface area contributed by atoms with E-state index in [9.17, 15) is 4.79 Å². The largest absolute Gasteiger partial charge is 0.322 e. The minimum atomic E-state index is 0.000851. The van der Waals surface area contributed by atoms with Crippen LogP contribution < -0.4 is 5.32 Å². The zero-order valence-corrected chi connectivity index (χ0v) is 14.6. The molecule has 2 amide bonds. The number of anilines is 1. The lowest BCUT2D eigenvalue weighted by Gasteiger charge is -2.35. The number of rotatable bonds is 3. The van der Waals surface area contributed by atoms with Gasteiger partial charge in [0.1, 0.15) is 0 Å². The molecule has 1 aliphatic rings. The third kappa shape index (κ3) is 4.71. The van der Waals surface area contributed by atoms with E-state index in [0.29, 0.717) is 5.92 Å². The number of benzene rings is 1. The van der Waals surface area contributed by atoms with Crippen molar-refractivity contribution < 1.29 is 4.79 Å². The van der Waals surface area contributed by atoms with Crippen molar-refractivity contribution in [2.75, 3.05) is 38.0 Å². The van der Waals surface area contributed by atoms with E-state index >= 15 is 0 Å². The number of amides is 2. The van der Waals surface area contributed by atoms with Crippen molar-refractivity contribution in [1.82, 2.24) is 9.80 Å². The fraction of sp³-hybridized carbons (Fsp3) is 0.562. The number of carbonyl (C=O) groups is 1. The molecule has 0 aromatic heterocycles. The van der Waals surface area contributed by atoms with Crippen molar-refractivity contribution >= 4 is 27.6 Å². The molecule has 1 aromatic carbocycles. The van der Waals surface area contributed by atoms with Crippen LogP contribution in [0.15, 0.2) is 22.7 Å². The highest BCUT2D eigenvalue weighted by atomic mass is 79.9. The molecule has 0 spiro atoms. The molecule has 1 fully saturated rings. The van der Waals surface area contributed by atoms with Gasteiger partial charge in [-0.3, -0.25) is 4.90 Å². The Morgan fingerprint density at radius 3 is 2.52 bits per heavy atom. The van der Waals surface area contributed by atoms with Gasteiger partial charge in [-0.25, -0.2) is 4.79 Å². The monoisotopic (exact) mass is 353 g/mol. The van der Waals surface area contributed by atoms with E-state index in [0.717, 1.165) is 48.4 Å². The van der Waals surface area contributed by atoms with Crippen molar-refractivity contribution in [3.63, 3.8) is 0 Å². The van der Waals surface area contributed by atoms with Gasteiger partial charge < -0.3 is 10.2 Å². The Bertz CT molecular complexity index is 496. The van der Waals surface area contributed by atoms with Crippen LogP contribution in [0, 0.1) is 12.8 Å². The zero-order chi connectivity index (χ0) is 15.4. The third-order valence-electron chi connectivity index (χ3n) is 3.69. The number of hydrogen-bond acceptors (Lipinski definition) is 2. The van der Waals surface area contributed by atoms with Gasteiger partial charge in [-0.15, -0.1) is 0 Å². The second-order valence-electron chi connectivity index (χ2n) is 6.08. The van der Waals surface area contributed by atoms with E-state index in [1.165, 1.54) is 0 Å². The van der Waals surface area contributed by atoms with Crippen LogP contribution in [0.5, 0.6) is 0 Å². The molecule has 0 unspecified atom stereocenters. The number of nitrogens with one attached hydrogen (secondary N) is 1. The van der Waals surface area contributed by atoms with Gasteiger partial charge in [0.15, 0.2) is 0 Å². The molecular formula is C16H24BrN3O. The van der Waals surface area contributed by atoms with E-state index in [2.05, 4.69) is 40.0 Å². The Balaban J connectivity index is 1.86. The summed E-state index contributed by atoms with van der Waals surface area (Å²) in [6.07, 6.45) is 0. The smallest absolute Gasteiger partial charge is 0.321 e. The molecule has 116 valence electrons. The highest BCUT2D eigenvalue weighted by Gasteiger charge is 2.21. The summed E-state index contributed by atoms with van der Waals surface area (Å²) < 4.78 is 1.06. The number of halogens is 1. The molecule has 21 heavy (non-hydrogen) atoms. The Labute approximate surface area is 135 Å². The van der Waals surface area contributed by atoms with E-state index in [1.807, 2.05) is 30.0 Å². The third-order valence-corrected chi connectivity index (χ3v) is 4.58. The average Bonchev–Trinajstić information content (AvgIpc) is 2.43. The van der Waals surface area contributed by atoms with Gasteiger partial charge in [-0.05, 0) is 36.6 Å². The molecule has 0 radical (unpaired) electrons. The summed E-state index contributed by atoms with van der Waals surface area (Å²) in [5.74, 6) is 0.677. The van der Waals surface area contributed by atoms with Crippen molar-refractivity contribution in [3.8, 4) is 0 Å². The molecule has 0 saturated carbocycles. The first kappa shape index (κ1) is 16.3. The Hall–Kier alpha value is -1.07. The second-order valence-corrected chi connectivity index (χ2v) is 6.93. The summed E-state index contributed by atoms with van der Waals surface area (Å²) in [7, 11) is 0. The summed E-state index contributed by atoms with van der Waals surface area (Å²) in [6.45, 7) is 11.1. The lowest BCUT2D eigenvalue weighted by atomic mass is 10.2. The summed E-state index contributed by atoms with van der Waals surface area (Å²) in [5.41, 5.74) is 1.97. The Morgan fingerprint density at radius 2 is 1.95 bits per heavy atom. The van der Waals surface area contributed by atoms with E-state index in [1.54, 1.807) is 0 Å². The predicted octanol–water partition coefficient (Wildman–Crippen LogP) is 3.56. The number of aryl methyl sites for hydroxylation is 1. The zero-order valence-electron chi connectivity index (χ0n) is 13.0. The van der Waals surface area contributed by atoms with E-state index in [4.69, 9.17) is 0 Å². The SMILES string of the molecule is Cc1cc(NC(=O)N2CCN(CC(C)C)CC2)ccc1Br. The van der Waals surface area contributed by atoms with Crippen LogP contribution in [0.1, 0.15) is 19.4 Å². The van der Waals surface area contributed by atoms with Crippen molar-refractivity contribution in [2.24, 2.45) is 5.92 Å². The molecule has 1 N–H and O–H groups in total. The highest BCUT2D eigenvalue weighted by Crippen LogP contribution is 2.20. The van der Waals surface area contributed by atoms with Gasteiger partial charge in [0.05, 0.1) is 0 Å². The number of carbonyl (C=O) groups excluding carboxylic acids is 1. The minimum Gasteiger partial charge on any atom is -0.322 e. The summed E-state index contributed by atoms with van der Waals surface area (Å²) in [4.78, 5) is 16.6. The summed E-state index contributed by atoms with van der Waals surface area (Å²) >= 11 is 3.47. The maximum absolute atomic E-state index is 12.3. The first-order chi connectivity index (χ1) is 9.95. The maximum atomic E-state index is 12.3. The van der Waals surface area contributed by atoms with Crippen LogP contribution in [-0.2, 0) is 0 Å². The standard InChI is InChI=1S/C16H24BrN3O/c1-12(2)11-19-6-8-20(9-7-19)16(21)18-14-4-5-15(17)13(3)10-14/h4-5,10,12H,6-9,11H2,1-3H3,(H,18,21). The molecule has 5 heteroatoms. The van der Waals surface area contributed by atoms with Crippen LogP contribution in [0.4, 0.5) is 10.5 Å². The molecule has 1 aromatic rings. The minimum absolute atomic E-state index is 0.000851. The molecule has 4 nitrogen and oxygen atoms in total. The normalized spacial score (nSPS) is 16.3. The van der Waals surface area contributed by atoms with Crippen molar-refractivity contribution in [1.29, 1.82) is 0 Å². The predicted molar refractivity (Wildman–Crippen MR) is 90.7 cm³/mol. The van der Waals surface area contributed by atoms with Crippen molar-refractivity contribution in [3.05, 3.63) is 28.2 Å². The topological polar surface area (TPSA) is 35.6 Å². The van der Waals surface area contributed by atoms with Crippen molar-refractivity contribution in [2.45, 2.75) is 20.8 Å². The van der Waals surface area contributed by atoms with Crippen LogP contribution in [0.25, 0.3) is 0 Å². The fourth-order valence-corrected chi connectivity index (χ4v) is 2.82. The molecule has 0 atom stereocenters. The van der Waals surface area contributed by atoms with Crippen LogP contribution in [0.2, 0.25) is 0 Å². The number of piperazine rings is 1. The van der Waals surface area contributed by atoms with Gasteiger partial charge in [0, 0.05) is 42.9 Å². The highest BCUT2D eigenvalue weighted by molar-refractivity contribution is 9.10. The lowest BCUT2D eigenvalue weighted by molar-refractivity contribution is 0.138. The van der Waals surface area contributed by atoms with Gasteiger partial charge >= 0.3 is 6.03 Å². The van der Waals surface area contributed by atoms with Gasteiger partial charge in [0.25, 0.3) is 0 Å². The van der Waals surface area contributed by atoms with Gasteiger partial charge in [0.2, 0.25) is 0 Å². The molecule has 0 bridgehead atoms. The fourth-order valence-electron chi connectivity index (χ4n) is 2.57. The average molecular weight is 354 g/mol. The maximum Gasteiger partial charge on any atom is 0.321 e. The first-order valence-electron chi connectivity index (χ1n) is 7.50. The summed E-state index contributed by atoms with van der Waals surface area (Å²) in [5, 5.41) is 2.98. The quantitative estimate of drug-likeness (QED) is 0.901. The van der Waals surface area contributed by atoms with E-state index in [-0.39, 0.29) is 6.03 Å². The molecule has 0 aliphatic carbocycles. The number of urea groups is 1. The number of hydrogen-bond donors (Lipinski definition) is 1. The molecule has 1 aliphatic heterocycles. The molecule has 1 heterocycles. The molecular weight excluding hydrogens is 330 g/mol.